The Hall–Kier alpha value is -2.72. The van der Waals surface area contributed by atoms with Gasteiger partial charge in [-0.15, -0.1) is 0 Å². The van der Waals surface area contributed by atoms with E-state index in [1.54, 1.807) is 30.3 Å². The quantitative estimate of drug-likeness (QED) is 0.200. The highest BCUT2D eigenvalue weighted by Gasteiger charge is 2.34. The lowest BCUT2D eigenvalue weighted by molar-refractivity contribution is -0.122. The van der Waals surface area contributed by atoms with E-state index in [0.29, 0.717) is 29.4 Å². The highest BCUT2D eigenvalue weighted by atomic mass is 127. The first-order valence-corrected chi connectivity index (χ1v) is 10.4. The fourth-order valence-corrected chi connectivity index (χ4v) is 3.92. The number of carbonyl (C=O) groups excluding carboxylic acids is 2. The van der Waals surface area contributed by atoms with E-state index in [1.165, 1.54) is 18.1 Å². The average molecular weight is 534 g/mol. The number of ether oxygens (including phenoxy) is 2. The van der Waals surface area contributed by atoms with Crippen LogP contribution < -0.4 is 19.7 Å². The summed E-state index contributed by atoms with van der Waals surface area (Å²) >= 11 is 7.35. The molecule has 1 saturated heterocycles. The number of nitrogens with zero attached hydrogens (tertiary/aromatic N) is 1. The lowest BCUT2D eigenvalue weighted by Gasteiger charge is -2.29. The molecule has 1 aliphatic heterocycles. The average Bonchev–Trinajstić information content (AvgIpc) is 2.71. The lowest BCUT2D eigenvalue weighted by atomic mass is 10.1. The Morgan fingerprint density at radius 1 is 1.23 bits per heavy atom. The van der Waals surface area contributed by atoms with Gasteiger partial charge in [-0.1, -0.05) is 30.4 Å². The standard InChI is InChI=1S/C22H19IN2O4S/c1-4-9-29-19-17(23)11-14(12-18(19)28-3)10-16-20(26)24-22(30)25(21(16)27)15-7-5-13(2)6-8-15/h4-8,10-12H,1,9H2,2-3H3,(H,24,26,30). The second-order valence-corrected chi connectivity index (χ2v) is 7.98. The maximum absolute atomic E-state index is 13.1. The summed E-state index contributed by atoms with van der Waals surface area (Å²) in [5.41, 5.74) is 2.23. The first kappa shape index (κ1) is 22.0. The molecule has 0 spiro atoms. The molecule has 0 aliphatic carbocycles. The van der Waals surface area contributed by atoms with Crippen molar-refractivity contribution in [2.24, 2.45) is 0 Å². The van der Waals surface area contributed by atoms with Crippen LogP contribution in [0.5, 0.6) is 11.5 Å². The van der Waals surface area contributed by atoms with Crippen LogP contribution in [-0.4, -0.2) is 30.6 Å². The van der Waals surface area contributed by atoms with E-state index in [2.05, 4.69) is 34.5 Å². The summed E-state index contributed by atoms with van der Waals surface area (Å²) < 4.78 is 11.8. The number of aryl methyl sites for hydroxylation is 1. The second-order valence-electron chi connectivity index (χ2n) is 6.43. The van der Waals surface area contributed by atoms with Crippen LogP contribution in [0.1, 0.15) is 11.1 Å². The summed E-state index contributed by atoms with van der Waals surface area (Å²) in [5.74, 6) is 0.0232. The zero-order valence-electron chi connectivity index (χ0n) is 16.4. The maximum Gasteiger partial charge on any atom is 0.270 e. The maximum atomic E-state index is 13.1. The molecule has 2 aromatic carbocycles. The number of halogens is 1. The zero-order chi connectivity index (χ0) is 21.8. The first-order chi connectivity index (χ1) is 14.3. The number of carbonyl (C=O) groups is 2. The number of methoxy groups -OCH3 is 1. The Bertz CT molecular complexity index is 1060. The molecule has 2 aromatic rings. The predicted octanol–water partition coefficient (Wildman–Crippen LogP) is 4.00. The van der Waals surface area contributed by atoms with Crippen molar-refractivity contribution < 1.29 is 19.1 Å². The van der Waals surface area contributed by atoms with Crippen LogP contribution in [-0.2, 0) is 9.59 Å². The number of nitrogens with one attached hydrogen (secondary N) is 1. The van der Waals surface area contributed by atoms with Crippen molar-refractivity contribution in [3.8, 4) is 11.5 Å². The Labute approximate surface area is 193 Å². The highest BCUT2D eigenvalue weighted by Crippen LogP contribution is 2.35. The molecular formula is C22H19IN2O4S. The van der Waals surface area contributed by atoms with Gasteiger partial charge in [0.05, 0.1) is 16.4 Å². The number of rotatable bonds is 6. The molecule has 1 aliphatic rings. The fraction of sp³-hybridized carbons (Fsp3) is 0.136. The van der Waals surface area contributed by atoms with E-state index in [4.69, 9.17) is 21.7 Å². The molecular weight excluding hydrogens is 515 g/mol. The van der Waals surface area contributed by atoms with E-state index >= 15 is 0 Å². The molecule has 0 saturated carbocycles. The largest absolute Gasteiger partial charge is 0.493 e. The number of thiocarbonyl (C=S) groups is 1. The van der Waals surface area contributed by atoms with Crippen LogP contribution in [0.3, 0.4) is 0 Å². The van der Waals surface area contributed by atoms with Crippen molar-refractivity contribution >= 4 is 63.5 Å². The third-order valence-electron chi connectivity index (χ3n) is 4.30. The predicted molar refractivity (Wildman–Crippen MR) is 129 cm³/mol. The molecule has 0 aromatic heterocycles. The van der Waals surface area contributed by atoms with E-state index < -0.39 is 11.8 Å². The molecule has 154 valence electrons. The van der Waals surface area contributed by atoms with Crippen molar-refractivity contribution in [3.63, 3.8) is 0 Å². The van der Waals surface area contributed by atoms with Crippen molar-refractivity contribution in [3.05, 3.63) is 69.3 Å². The van der Waals surface area contributed by atoms with Gasteiger partial charge in [0.2, 0.25) is 0 Å². The summed E-state index contributed by atoms with van der Waals surface area (Å²) in [6.45, 7) is 5.92. The van der Waals surface area contributed by atoms with E-state index in [0.717, 1.165) is 9.13 Å². The molecule has 8 heteroatoms. The van der Waals surface area contributed by atoms with Crippen LogP contribution >= 0.6 is 34.8 Å². The molecule has 3 rings (SSSR count). The Morgan fingerprint density at radius 2 is 1.93 bits per heavy atom. The first-order valence-electron chi connectivity index (χ1n) is 8.95. The Balaban J connectivity index is 2.01. The van der Waals surface area contributed by atoms with Gasteiger partial charge in [0.25, 0.3) is 11.8 Å². The topological polar surface area (TPSA) is 67.9 Å². The van der Waals surface area contributed by atoms with Gasteiger partial charge in [0, 0.05) is 0 Å². The van der Waals surface area contributed by atoms with Crippen LogP contribution in [0.2, 0.25) is 0 Å². The minimum Gasteiger partial charge on any atom is -0.493 e. The van der Waals surface area contributed by atoms with Gasteiger partial charge in [0.1, 0.15) is 12.2 Å². The molecule has 6 nitrogen and oxygen atoms in total. The SMILES string of the molecule is C=CCOc1c(I)cc(C=C2C(=O)NC(=S)N(c3ccc(C)cc3)C2=O)cc1OC. The summed E-state index contributed by atoms with van der Waals surface area (Å²) in [7, 11) is 1.53. The van der Waals surface area contributed by atoms with Crippen molar-refractivity contribution in [1.82, 2.24) is 5.32 Å². The van der Waals surface area contributed by atoms with Crippen molar-refractivity contribution in [2.45, 2.75) is 6.92 Å². The fourth-order valence-electron chi connectivity index (χ4n) is 2.86. The van der Waals surface area contributed by atoms with Crippen LogP contribution in [0.15, 0.2) is 54.6 Å². The van der Waals surface area contributed by atoms with Crippen molar-refractivity contribution in [1.29, 1.82) is 0 Å². The minimum absolute atomic E-state index is 0.0261. The summed E-state index contributed by atoms with van der Waals surface area (Å²) in [5, 5.41) is 2.63. The van der Waals surface area contributed by atoms with Gasteiger partial charge in [-0.3, -0.25) is 19.8 Å². The van der Waals surface area contributed by atoms with Crippen LogP contribution in [0.25, 0.3) is 6.08 Å². The molecule has 0 atom stereocenters. The molecule has 0 unspecified atom stereocenters. The molecule has 1 fully saturated rings. The van der Waals surface area contributed by atoms with Crippen LogP contribution in [0, 0.1) is 10.5 Å². The van der Waals surface area contributed by atoms with Crippen LogP contribution in [0.4, 0.5) is 5.69 Å². The number of amides is 2. The van der Waals surface area contributed by atoms with Gasteiger partial charge in [-0.25, -0.2) is 0 Å². The molecule has 2 amide bonds. The summed E-state index contributed by atoms with van der Waals surface area (Å²) in [6, 6.07) is 10.8. The van der Waals surface area contributed by atoms with E-state index in [-0.39, 0.29) is 10.7 Å². The molecule has 1 N–H and O–H groups in total. The molecule has 0 bridgehead atoms. The number of hydrogen-bond donors (Lipinski definition) is 1. The normalized spacial score (nSPS) is 15.2. The third kappa shape index (κ3) is 4.54. The van der Waals surface area contributed by atoms with Gasteiger partial charge in [-0.05, 0) is 77.6 Å². The molecule has 0 radical (unpaired) electrons. The number of anilines is 1. The number of benzene rings is 2. The lowest BCUT2D eigenvalue weighted by Crippen LogP contribution is -2.54. The monoisotopic (exact) mass is 534 g/mol. The molecule has 30 heavy (non-hydrogen) atoms. The summed E-state index contributed by atoms with van der Waals surface area (Å²) in [6.07, 6.45) is 3.15. The zero-order valence-corrected chi connectivity index (χ0v) is 19.4. The number of hydrogen-bond acceptors (Lipinski definition) is 5. The minimum atomic E-state index is -0.547. The van der Waals surface area contributed by atoms with Crippen molar-refractivity contribution in [2.75, 3.05) is 18.6 Å². The van der Waals surface area contributed by atoms with Gasteiger partial charge >= 0.3 is 0 Å². The van der Waals surface area contributed by atoms with E-state index in [1.807, 2.05) is 19.1 Å². The molecule has 1 heterocycles. The van der Waals surface area contributed by atoms with Gasteiger partial charge in [0.15, 0.2) is 16.6 Å². The Morgan fingerprint density at radius 3 is 2.57 bits per heavy atom. The highest BCUT2D eigenvalue weighted by molar-refractivity contribution is 14.1. The van der Waals surface area contributed by atoms with Gasteiger partial charge in [-0.2, -0.15) is 0 Å². The van der Waals surface area contributed by atoms with E-state index in [9.17, 15) is 9.59 Å². The van der Waals surface area contributed by atoms with Gasteiger partial charge < -0.3 is 9.47 Å². The second kappa shape index (κ2) is 9.40. The smallest absolute Gasteiger partial charge is 0.270 e. The third-order valence-corrected chi connectivity index (χ3v) is 5.39. The summed E-state index contributed by atoms with van der Waals surface area (Å²) in [4.78, 5) is 27.0. The Kier molecular flexibility index (Phi) is 6.88.